The van der Waals surface area contributed by atoms with Gasteiger partial charge >= 0.3 is 0 Å². The zero-order valence-corrected chi connectivity index (χ0v) is 5.34. The van der Waals surface area contributed by atoms with Gasteiger partial charge < -0.3 is 10.3 Å². The fourth-order valence-electron chi connectivity index (χ4n) is 0.443. The van der Waals surface area contributed by atoms with Crippen molar-refractivity contribution >= 4 is 8.15 Å². The SMILES string of the molecule is NCP1C=CC=CO1. The molecule has 0 amide bonds. The highest BCUT2D eigenvalue weighted by molar-refractivity contribution is 7.55. The minimum Gasteiger partial charge on any atom is -0.476 e. The van der Waals surface area contributed by atoms with E-state index < -0.39 is 8.15 Å². The van der Waals surface area contributed by atoms with E-state index in [2.05, 4.69) is 0 Å². The largest absolute Gasteiger partial charge is 0.476 e. The van der Waals surface area contributed by atoms with E-state index in [1.165, 1.54) is 0 Å². The molecule has 0 bridgehead atoms. The molecule has 1 aliphatic heterocycles. The first-order valence-electron chi connectivity index (χ1n) is 2.40. The highest BCUT2D eigenvalue weighted by Gasteiger charge is 2.00. The van der Waals surface area contributed by atoms with Gasteiger partial charge in [0.05, 0.1) is 12.5 Å². The minimum absolute atomic E-state index is 0.459. The second kappa shape index (κ2) is 2.85. The van der Waals surface area contributed by atoms with Crippen LogP contribution in [0.5, 0.6) is 0 Å². The van der Waals surface area contributed by atoms with E-state index in [0.717, 1.165) is 0 Å². The molecule has 3 heteroatoms. The first-order chi connectivity index (χ1) is 3.93. The third kappa shape index (κ3) is 1.32. The van der Waals surface area contributed by atoms with Crippen LogP contribution in [0.2, 0.25) is 0 Å². The lowest BCUT2D eigenvalue weighted by atomic mass is 10.6. The maximum Gasteiger partial charge on any atom is 0.124 e. The van der Waals surface area contributed by atoms with E-state index in [9.17, 15) is 0 Å². The van der Waals surface area contributed by atoms with Crippen molar-refractivity contribution < 1.29 is 4.52 Å². The summed E-state index contributed by atoms with van der Waals surface area (Å²) in [7, 11) is -0.459. The van der Waals surface area contributed by atoms with Gasteiger partial charge in [0.2, 0.25) is 0 Å². The molecule has 1 heterocycles. The average molecular weight is 129 g/mol. The van der Waals surface area contributed by atoms with Crippen LogP contribution >= 0.6 is 8.15 Å². The van der Waals surface area contributed by atoms with E-state index in [1.54, 1.807) is 6.26 Å². The van der Waals surface area contributed by atoms with E-state index in [-0.39, 0.29) is 0 Å². The minimum atomic E-state index is -0.459. The molecule has 2 nitrogen and oxygen atoms in total. The van der Waals surface area contributed by atoms with Crippen molar-refractivity contribution in [3.05, 3.63) is 24.2 Å². The zero-order valence-electron chi connectivity index (χ0n) is 4.45. The first kappa shape index (κ1) is 5.80. The molecule has 1 unspecified atom stereocenters. The van der Waals surface area contributed by atoms with Gasteiger partial charge in [-0.2, -0.15) is 0 Å². The fraction of sp³-hybridized carbons (Fsp3) is 0.200. The maximum absolute atomic E-state index is 5.32. The van der Waals surface area contributed by atoms with E-state index in [1.807, 2.05) is 18.0 Å². The number of nitrogens with two attached hydrogens (primary N) is 1. The smallest absolute Gasteiger partial charge is 0.124 e. The molecule has 44 valence electrons. The summed E-state index contributed by atoms with van der Waals surface area (Å²) in [6, 6.07) is 0. The van der Waals surface area contributed by atoms with Gasteiger partial charge in [-0.3, -0.25) is 0 Å². The van der Waals surface area contributed by atoms with Crippen molar-refractivity contribution in [3.63, 3.8) is 0 Å². The Hall–Kier alpha value is -0.330. The molecular weight excluding hydrogens is 121 g/mol. The van der Waals surface area contributed by atoms with Gasteiger partial charge in [-0.15, -0.1) is 0 Å². The monoisotopic (exact) mass is 129 g/mol. The Morgan fingerprint density at radius 3 is 2.75 bits per heavy atom. The fourth-order valence-corrected chi connectivity index (χ4v) is 1.24. The predicted octanol–water partition coefficient (Wildman–Crippen LogP) is 1.36. The lowest BCUT2D eigenvalue weighted by Gasteiger charge is -2.10. The van der Waals surface area contributed by atoms with Gasteiger partial charge in [-0.25, -0.2) is 0 Å². The maximum atomic E-state index is 5.32. The molecule has 2 N–H and O–H groups in total. The summed E-state index contributed by atoms with van der Waals surface area (Å²) in [6.45, 7) is 0. The van der Waals surface area contributed by atoms with Crippen LogP contribution in [-0.2, 0) is 4.52 Å². The molecule has 0 spiro atoms. The van der Waals surface area contributed by atoms with E-state index in [4.69, 9.17) is 10.3 Å². The summed E-state index contributed by atoms with van der Waals surface area (Å²) in [6.07, 6.45) is 6.12. The molecule has 0 aromatic heterocycles. The van der Waals surface area contributed by atoms with Crippen LogP contribution < -0.4 is 5.73 Å². The molecule has 1 atom stereocenters. The molecule has 0 saturated carbocycles. The number of hydrogen-bond acceptors (Lipinski definition) is 2. The molecular formula is C5H8NOP. The van der Waals surface area contributed by atoms with Crippen LogP contribution in [0.3, 0.4) is 0 Å². The molecule has 1 aliphatic rings. The highest BCUT2D eigenvalue weighted by atomic mass is 31.1. The Kier molecular flexibility index (Phi) is 2.07. The van der Waals surface area contributed by atoms with Crippen molar-refractivity contribution in [3.8, 4) is 0 Å². The summed E-state index contributed by atoms with van der Waals surface area (Å²) in [5.74, 6) is 2.00. The van der Waals surface area contributed by atoms with Crippen LogP contribution in [0.25, 0.3) is 0 Å². The lowest BCUT2D eigenvalue weighted by Crippen LogP contribution is -1.96. The van der Waals surface area contributed by atoms with Crippen molar-refractivity contribution in [1.82, 2.24) is 0 Å². The molecule has 0 aromatic carbocycles. The van der Waals surface area contributed by atoms with Crippen molar-refractivity contribution in [2.45, 2.75) is 0 Å². The van der Waals surface area contributed by atoms with Crippen LogP contribution in [0.15, 0.2) is 24.2 Å². The zero-order chi connectivity index (χ0) is 5.82. The second-order valence-electron chi connectivity index (χ2n) is 1.38. The van der Waals surface area contributed by atoms with Crippen LogP contribution in [-0.4, -0.2) is 6.29 Å². The van der Waals surface area contributed by atoms with Gasteiger partial charge in [0, 0.05) is 0 Å². The lowest BCUT2D eigenvalue weighted by molar-refractivity contribution is 0.538. The van der Waals surface area contributed by atoms with Gasteiger partial charge in [-0.1, -0.05) is 6.08 Å². The Morgan fingerprint density at radius 1 is 1.50 bits per heavy atom. The molecule has 8 heavy (non-hydrogen) atoms. The highest BCUT2D eigenvalue weighted by Crippen LogP contribution is 2.38. The molecule has 0 aromatic rings. The Morgan fingerprint density at radius 2 is 2.38 bits per heavy atom. The summed E-state index contributed by atoms with van der Waals surface area (Å²) in [4.78, 5) is 0. The Balaban J connectivity index is 2.40. The average Bonchev–Trinajstić information content (AvgIpc) is 1.90. The van der Waals surface area contributed by atoms with Crippen molar-refractivity contribution in [2.24, 2.45) is 5.73 Å². The number of hydrogen-bond donors (Lipinski definition) is 1. The van der Waals surface area contributed by atoms with Crippen molar-refractivity contribution in [2.75, 3.05) is 6.29 Å². The summed E-state index contributed by atoms with van der Waals surface area (Å²) < 4.78 is 5.10. The summed E-state index contributed by atoms with van der Waals surface area (Å²) in [5.41, 5.74) is 5.32. The predicted molar refractivity (Wildman–Crippen MR) is 35.3 cm³/mol. The second-order valence-corrected chi connectivity index (χ2v) is 3.08. The Labute approximate surface area is 49.9 Å². The third-order valence-electron chi connectivity index (χ3n) is 0.818. The van der Waals surface area contributed by atoms with Gasteiger partial charge in [-0.05, 0) is 11.9 Å². The van der Waals surface area contributed by atoms with Crippen LogP contribution in [0.1, 0.15) is 0 Å². The number of allylic oxidation sites excluding steroid dienone is 2. The number of rotatable bonds is 1. The normalized spacial score (nSPS) is 25.4. The van der Waals surface area contributed by atoms with E-state index in [0.29, 0.717) is 6.29 Å². The Bertz CT molecular complexity index is 122. The molecule has 0 saturated heterocycles. The third-order valence-corrected chi connectivity index (χ3v) is 2.08. The molecule has 0 fully saturated rings. The molecule has 0 aliphatic carbocycles. The van der Waals surface area contributed by atoms with Crippen molar-refractivity contribution in [1.29, 1.82) is 0 Å². The summed E-state index contributed by atoms with van der Waals surface area (Å²) >= 11 is 0. The quantitative estimate of drug-likeness (QED) is 0.542. The van der Waals surface area contributed by atoms with E-state index >= 15 is 0 Å². The first-order valence-corrected chi connectivity index (χ1v) is 3.91. The standard InChI is InChI=1S/C5H8NOP/c6-5-8-4-2-1-3-7-8/h1-4H,5-6H2. The van der Waals surface area contributed by atoms with Crippen LogP contribution in [0, 0.1) is 0 Å². The topological polar surface area (TPSA) is 35.2 Å². The van der Waals surface area contributed by atoms with Gasteiger partial charge in [0.1, 0.15) is 8.15 Å². The van der Waals surface area contributed by atoms with Gasteiger partial charge in [0.15, 0.2) is 0 Å². The van der Waals surface area contributed by atoms with Gasteiger partial charge in [0.25, 0.3) is 0 Å². The molecule has 1 rings (SSSR count). The van der Waals surface area contributed by atoms with Crippen LogP contribution in [0.4, 0.5) is 0 Å². The summed E-state index contributed by atoms with van der Waals surface area (Å²) in [5, 5.41) is 0. The molecule has 0 radical (unpaired) electrons.